The summed E-state index contributed by atoms with van der Waals surface area (Å²) in [4.78, 5) is 13.7. The average Bonchev–Trinajstić information content (AvgIpc) is 2.91. The van der Waals surface area contributed by atoms with E-state index >= 15 is 0 Å². The summed E-state index contributed by atoms with van der Waals surface area (Å²) in [7, 11) is 2.15. The number of aryl methyl sites for hydroxylation is 2. The highest BCUT2D eigenvalue weighted by molar-refractivity contribution is 5.30. The quantitative estimate of drug-likeness (QED) is 0.851. The van der Waals surface area contributed by atoms with Crippen LogP contribution in [-0.4, -0.2) is 63.9 Å². The van der Waals surface area contributed by atoms with Crippen molar-refractivity contribution >= 4 is 5.95 Å². The zero-order valence-electron chi connectivity index (χ0n) is 15.7. The Hall–Kier alpha value is -1.99. The predicted molar refractivity (Wildman–Crippen MR) is 99.7 cm³/mol. The van der Waals surface area contributed by atoms with Gasteiger partial charge < -0.3 is 15.1 Å². The molecule has 0 amide bonds. The molecular weight excluding hydrogens is 314 g/mol. The van der Waals surface area contributed by atoms with Crippen molar-refractivity contribution in [2.75, 3.05) is 38.1 Å². The third-order valence-electron chi connectivity index (χ3n) is 4.68. The summed E-state index contributed by atoms with van der Waals surface area (Å²) in [6, 6.07) is 2.44. The predicted octanol–water partition coefficient (Wildman–Crippen LogP) is 1.22. The molecule has 0 bridgehead atoms. The van der Waals surface area contributed by atoms with Gasteiger partial charge >= 0.3 is 0 Å². The summed E-state index contributed by atoms with van der Waals surface area (Å²) in [5.74, 6) is 0.840. The Labute approximate surface area is 150 Å². The van der Waals surface area contributed by atoms with Crippen LogP contribution in [0.25, 0.3) is 0 Å². The van der Waals surface area contributed by atoms with Crippen molar-refractivity contribution in [3.63, 3.8) is 0 Å². The summed E-state index contributed by atoms with van der Waals surface area (Å²) in [5.41, 5.74) is 3.38. The average molecular weight is 343 g/mol. The van der Waals surface area contributed by atoms with Gasteiger partial charge in [0, 0.05) is 62.4 Å². The Bertz CT molecular complexity index is 671. The largest absolute Gasteiger partial charge is 0.338 e. The third kappa shape index (κ3) is 4.76. The molecule has 1 fully saturated rings. The molecule has 1 aliphatic rings. The summed E-state index contributed by atoms with van der Waals surface area (Å²) in [5, 5.41) is 8.04. The molecule has 1 saturated heterocycles. The van der Waals surface area contributed by atoms with Crippen molar-refractivity contribution in [2.45, 2.75) is 39.9 Å². The molecule has 136 valence electrons. The standard InChI is InChI=1S/C18H29N7/c1-14-9-16(3)25(22-14)13-15(2)19-10-17-11-20-18(21-12-17)24-7-5-23(4)6-8-24/h9,11-12,15,19H,5-8,10,13H2,1-4H3/t15-/m1/s1. The molecule has 2 aromatic rings. The number of nitrogens with zero attached hydrogens (tertiary/aromatic N) is 6. The number of piperazine rings is 1. The minimum atomic E-state index is 0.329. The molecule has 7 heteroatoms. The number of hydrogen-bond donors (Lipinski definition) is 1. The van der Waals surface area contributed by atoms with Gasteiger partial charge in [0.1, 0.15) is 0 Å². The van der Waals surface area contributed by atoms with E-state index in [-0.39, 0.29) is 0 Å². The van der Waals surface area contributed by atoms with Crippen molar-refractivity contribution in [3.05, 3.63) is 35.4 Å². The van der Waals surface area contributed by atoms with Crippen molar-refractivity contribution in [3.8, 4) is 0 Å². The van der Waals surface area contributed by atoms with Crippen LogP contribution < -0.4 is 10.2 Å². The molecule has 0 unspecified atom stereocenters. The van der Waals surface area contributed by atoms with E-state index in [9.17, 15) is 0 Å². The molecule has 3 rings (SSSR count). The first-order valence-electron chi connectivity index (χ1n) is 9.00. The van der Waals surface area contributed by atoms with E-state index in [0.717, 1.165) is 56.5 Å². The van der Waals surface area contributed by atoms with E-state index in [1.54, 1.807) is 0 Å². The minimum Gasteiger partial charge on any atom is -0.338 e. The van der Waals surface area contributed by atoms with E-state index in [0.29, 0.717) is 6.04 Å². The molecule has 0 aliphatic carbocycles. The number of hydrogen-bond acceptors (Lipinski definition) is 6. The van der Waals surface area contributed by atoms with Crippen LogP contribution in [0.1, 0.15) is 23.9 Å². The first-order valence-corrected chi connectivity index (χ1v) is 9.00. The zero-order chi connectivity index (χ0) is 17.8. The van der Waals surface area contributed by atoms with Gasteiger partial charge in [-0.25, -0.2) is 9.97 Å². The molecule has 2 aromatic heterocycles. The van der Waals surface area contributed by atoms with Crippen LogP contribution >= 0.6 is 0 Å². The molecule has 7 nitrogen and oxygen atoms in total. The topological polar surface area (TPSA) is 62.1 Å². The van der Waals surface area contributed by atoms with Crippen LogP contribution in [-0.2, 0) is 13.1 Å². The fourth-order valence-corrected chi connectivity index (χ4v) is 3.08. The normalized spacial score (nSPS) is 17.0. The maximum absolute atomic E-state index is 4.55. The molecule has 1 N–H and O–H groups in total. The lowest BCUT2D eigenvalue weighted by Crippen LogP contribution is -2.45. The number of anilines is 1. The fourth-order valence-electron chi connectivity index (χ4n) is 3.08. The van der Waals surface area contributed by atoms with Gasteiger partial charge in [-0.1, -0.05) is 0 Å². The first-order chi connectivity index (χ1) is 12.0. The van der Waals surface area contributed by atoms with Crippen LogP contribution in [0.15, 0.2) is 18.5 Å². The van der Waals surface area contributed by atoms with Gasteiger partial charge in [-0.2, -0.15) is 5.10 Å². The molecule has 25 heavy (non-hydrogen) atoms. The Kier molecular flexibility index (Phi) is 5.65. The van der Waals surface area contributed by atoms with Gasteiger partial charge in [0.25, 0.3) is 0 Å². The lowest BCUT2D eigenvalue weighted by atomic mass is 10.3. The second-order valence-corrected chi connectivity index (χ2v) is 7.07. The fraction of sp³-hybridized carbons (Fsp3) is 0.611. The molecule has 0 saturated carbocycles. The van der Waals surface area contributed by atoms with Gasteiger partial charge in [0.2, 0.25) is 5.95 Å². The van der Waals surface area contributed by atoms with Crippen molar-refractivity contribution in [1.82, 2.24) is 30.0 Å². The molecule has 0 aromatic carbocycles. The van der Waals surface area contributed by atoms with Gasteiger partial charge in [-0.15, -0.1) is 0 Å². The van der Waals surface area contributed by atoms with E-state index < -0.39 is 0 Å². The second-order valence-electron chi connectivity index (χ2n) is 7.07. The van der Waals surface area contributed by atoms with Crippen LogP contribution in [0.2, 0.25) is 0 Å². The van der Waals surface area contributed by atoms with E-state index in [1.807, 2.05) is 19.3 Å². The van der Waals surface area contributed by atoms with Crippen LogP contribution in [0.4, 0.5) is 5.95 Å². The van der Waals surface area contributed by atoms with Crippen LogP contribution in [0, 0.1) is 13.8 Å². The molecular formula is C18H29N7. The van der Waals surface area contributed by atoms with Gasteiger partial charge in [-0.05, 0) is 33.9 Å². The smallest absolute Gasteiger partial charge is 0.225 e. The summed E-state index contributed by atoms with van der Waals surface area (Å²) in [6.45, 7) is 12.0. The monoisotopic (exact) mass is 343 g/mol. The summed E-state index contributed by atoms with van der Waals surface area (Å²) in [6.07, 6.45) is 3.87. The summed E-state index contributed by atoms with van der Waals surface area (Å²) < 4.78 is 2.06. The van der Waals surface area contributed by atoms with E-state index in [4.69, 9.17) is 0 Å². The lowest BCUT2D eigenvalue weighted by molar-refractivity contribution is 0.311. The van der Waals surface area contributed by atoms with E-state index in [2.05, 4.69) is 61.8 Å². The zero-order valence-corrected chi connectivity index (χ0v) is 15.7. The van der Waals surface area contributed by atoms with Crippen molar-refractivity contribution in [2.24, 2.45) is 0 Å². The lowest BCUT2D eigenvalue weighted by Gasteiger charge is -2.32. The molecule has 3 heterocycles. The van der Waals surface area contributed by atoms with Crippen molar-refractivity contribution in [1.29, 1.82) is 0 Å². The van der Waals surface area contributed by atoms with E-state index in [1.165, 1.54) is 5.69 Å². The minimum absolute atomic E-state index is 0.329. The number of likely N-dealkylation sites (N-methyl/N-ethyl adjacent to an activating group) is 1. The SMILES string of the molecule is Cc1cc(C)n(C[C@@H](C)NCc2cnc(N3CCN(C)CC3)nc2)n1. The van der Waals surface area contributed by atoms with Gasteiger partial charge in [0.15, 0.2) is 0 Å². The molecule has 0 spiro atoms. The van der Waals surface area contributed by atoms with Crippen LogP contribution in [0.3, 0.4) is 0 Å². The highest BCUT2D eigenvalue weighted by Gasteiger charge is 2.16. The highest BCUT2D eigenvalue weighted by atomic mass is 15.3. The number of aromatic nitrogens is 4. The first kappa shape index (κ1) is 17.8. The third-order valence-corrected chi connectivity index (χ3v) is 4.68. The van der Waals surface area contributed by atoms with Crippen molar-refractivity contribution < 1.29 is 0 Å². The molecule has 0 radical (unpaired) electrons. The molecule has 1 atom stereocenters. The Morgan fingerprint density at radius 3 is 2.40 bits per heavy atom. The second kappa shape index (κ2) is 7.93. The Balaban J connectivity index is 1.49. The number of nitrogens with one attached hydrogen (secondary N) is 1. The highest BCUT2D eigenvalue weighted by Crippen LogP contribution is 2.10. The summed E-state index contributed by atoms with van der Waals surface area (Å²) >= 11 is 0. The maximum Gasteiger partial charge on any atom is 0.225 e. The molecule has 1 aliphatic heterocycles. The van der Waals surface area contributed by atoms with Crippen LogP contribution in [0.5, 0.6) is 0 Å². The van der Waals surface area contributed by atoms with Gasteiger partial charge in [0.05, 0.1) is 12.2 Å². The Morgan fingerprint density at radius 2 is 1.80 bits per heavy atom. The maximum atomic E-state index is 4.55. The van der Waals surface area contributed by atoms with Gasteiger partial charge in [-0.3, -0.25) is 4.68 Å². The number of rotatable bonds is 6. The Morgan fingerprint density at radius 1 is 1.12 bits per heavy atom.